The highest BCUT2D eigenvalue weighted by Crippen LogP contribution is 2.22. The Labute approximate surface area is 84.0 Å². The fourth-order valence-electron chi connectivity index (χ4n) is 1.55. The molecule has 2 aromatic rings. The van der Waals surface area contributed by atoms with Crippen LogP contribution in [0.5, 0.6) is 0 Å². The van der Waals surface area contributed by atoms with E-state index in [1.807, 2.05) is 19.1 Å². The number of fused-ring (bicyclic) bond motifs is 1. The van der Waals surface area contributed by atoms with Crippen LogP contribution >= 0.6 is 0 Å². The van der Waals surface area contributed by atoms with E-state index < -0.39 is 0 Å². The zero-order valence-electron chi connectivity index (χ0n) is 8.87. The molecule has 0 amide bonds. The summed E-state index contributed by atoms with van der Waals surface area (Å²) in [5.41, 5.74) is 3.01. The number of pyridine rings is 1. The van der Waals surface area contributed by atoms with Crippen LogP contribution in [0.3, 0.4) is 0 Å². The van der Waals surface area contributed by atoms with Crippen LogP contribution in [0.25, 0.3) is 11.1 Å². The minimum atomic E-state index is 0.523. The molecule has 0 saturated heterocycles. The van der Waals surface area contributed by atoms with Gasteiger partial charge in [0.1, 0.15) is 11.3 Å². The summed E-state index contributed by atoms with van der Waals surface area (Å²) in [6.45, 7) is 6.32. The van der Waals surface area contributed by atoms with Gasteiger partial charge in [0, 0.05) is 11.8 Å². The van der Waals surface area contributed by atoms with E-state index in [1.165, 1.54) is 0 Å². The third kappa shape index (κ3) is 1.52. The molecule has 0 aromatic carbocycles. The van der Waals surface area contributed by atoms with Crippen molar-refractivity contribution < 1.29 is 4.42 Å². The van der Waals surface area contributed by atoms with Crippen LogP contribution in [0.1, 0.15) is 37.6 Å². The lowest BCUT2D eigenvalue weighted by molar-refractivity contribution is 0.578. The lowest BCUT2D eigenvalue weighted by atomic mass is 10.0. The number of rotatable bonds is 2. The van der Waals surface area contributed by atoms with Crippen LogP contribution in [-0.2, 0) is 0 Å². The molecule has 0 aliphatic rings. The molecule has 2 heterocycles. The average molecular weight is 189 g/mol. The maximum atomic E-state index is 5.47. The van der Waals surface area contributed by atoms with Gasteiger partial charge in [-0.2, -0.15) is 0 Å². The van der Waals surface area contributed by atoms with Gasteiger partial charge in [-0.25, -0.2) is 4.98 Å². The predicted octanol–water partition coefficient (Wildman–Crippen LogP) is 3.65. The largest absolute Gasteiger partial charge is 0.460 e. The van der Waals surface area contributed by atoms with Gasteiger partial charge in [-0.15, -0.1) is 0 Å². The second-order valence-corrected chi connectivity index (χ2v) is 3.79. The van der Waals surface area contributed by atoms with Gasteiger partial charge in [0.05, 0.1) is 0 Å². The minimum absolute atomic E-state index is 0.523. The van der Waals surface area contributed by atoms with Crippen LogP contribution in [-0.4, -0.2) is 4.98 Å². The van der Waals surface area contributed by atoms with E-state index in [9.17, 15) is 0 Å². The summed E-state index contributed by atoms with van der Waals surface area (Å²) >= 11 is 0. The highest BCUT2D eigenvalue weighted by atomic mass is 16.3. The molecule has 0 spiro atoms. The third-order valence-corrected chi connectivity index (χ3v) is 2.64. The van der Waals surface area contributed by atoms with Gasteiger partial charge in [0.2, 0.25) is 0 Å². The first-order valence-corrected chi connectivity index (χ1v) is 5.07. The molecule has 2 heteroatoms. The SMILES string of the molecule is CCC(C)c1ccc2oc(C)cc2n1. The molecule has 0 radical (unpaired) electrons. The zero-order chi connectivity index (χ0) is 10.1. The molecule has 2 aromatic heterocycles. The second-order valence-electron chi connectivity index (χ2n) is 3.79. The highest BCUT2D eigenvalue weighted by molar-refractivity contribution is 5.73. The first kappa shape index (κ1) is 9.25. The molecule has 14 heavy (non-hydrogen) atoms. The normalized spacial score (nSPS) is 13.4. The number of aromatic nitrogens is 1. The number of furan rings is 1. The Morgan fingerprint density at radius 1 is 1.43 bits per heavy atom. The van der Waals surface area contributed by atoms with E-state index in [0.29, 0.717) is 5.92 Å². The molecular weight excluding hydrogens is 174 g/mol. The van der Waals surface area contributed by atoms with Gasteiger partial charge >= 0.3 is 0 Å². The molecule has 1 atom stereocenters. The zero-order valence-corrected chi connectivity index (χ0v) is 8.87. The third-order valence-electron chi connectivity index (χ3n) is 2.64. The van der Waals surface area contributed by atoms with Crippen LogP contribution in [0.4, 0.5) is 0 Å². The molecular formula is C12H15NO. The lowest BCUT2D eigenvalue weighted by Crippen LogP contribution is -1.94. The molecule has 0 saturated carbocycles. The van der Waals surface area contributed by atoms with Gasteiger partial charge in [0.25, 0.3) is 0 Å². The summed E-state index contributed by atoms with van der Waals surface area (Å²) in [6.07, 6.45) is 1.12. The van der Waals surface area contributed by atoms with Crippen LogP contribution < -0.4 is 0 Å². The van der Waals surface area contributed by atoms with Gasteiger partial charge in [-0.3, -0.25) is 0 Å². The molecule has 0 N–H and O–H groups in total. The van der Waals surface area contributed by atoms with E-state index in [1.54, 1.807) is 0 Å². The number of hydrogen-bond donors (Lipinski definition) is 0. The first-order chi connectivity index (χ1) is 6.70. The summed E-state index contributed by atoms with van der Waals surface area (Å²) < 4.78 is 5.47. The average Bonchev–Trinajstić information content (AvgIpc) is 2.55. The maximum Gasteiger partial charge on any atom is 0.152 e. The Balaban J connectivity index is 2.50. The Kier molecular flexibility index (Phi) is 2.28. The van der Waals surface area contributed by atoms with Crippen LogP contribution in [0.15, 0.2) is 22.6 Å². The smallest absolute Gasteiger partial charge is 0.152 e. The summed E-state index contributed by atoms with van der Waals surface area (Å²) in [4.78, 5) is 4.57. The van der Waals surface area contributed by atoms with Crippen molar-refractivity contribution in [2.24, 2.45) is 0 Å². The fourth-order valence-corrected chi connectivity index (χ4v) is 1.55. The van der Waals surface area contributed by atoms with E-state index in [2.05, 4.69) is 24.9 Å². The van der Waals surface area contributed by atoms with E-state index >= 15 is 0 Å². The van der Waals surface area contributed by atoms with Crippen molar-refractivity contribution in [2.75, 3.05) is 0 Å². The van der Waals surface area contributed by atoms with Gasteiger partial charge in [-0.1, -0.05) is 13.8 Å². The highest BCUT2D eigenvalue weighted by Gasteiger charge is 2.07. The van der Waals surface area contributed by atoms with Crippen molar-refractivity contribution >= 4 is 11.1 Å². The van der Waals surface area contributed by atoms with E-state index in [4.69, 9.17) is 4.42 Å². The molecule has 0 aliphatic carbocycles. The summed E-state index contributed by atoms with van der Waals surface area (Å²) in [6, 6.07) is 6.05. The Morgan fingerprint density at radius 3 is 2.93 bits per heavy atom. The molecule has 2 nitrogen and oxygen atoms in total. The van der Waals surface area contributed by atoms with Crippen LogP contribution in [0.2, 0.25) is 0 Å². The van der Waals surface area contributed by atoms with Gasteiger partial charge in [0.15, 0.2) is 5.58 Å². The Morgan fingerprint density at radius 2 is 2.21 bits per heavy atom. The summed E-state index contributed by atoms with van der Waals surface area (Å²) in [5, 5.41) is 0. The molecule has 1 unspecified atom stereocenters. The van der Waals surface area contributed by atoms with Gasteiger partial charge < -0.3 is 4.42 Å². The van der Waals surface area contributed by atoms with E-state index in [0.717, 1.165) is 29.0 Å². The maximum absolute atomic E-state index is 5.47. The van der Waals surface area contributed by atoms with E-state index in [-0.39, 0.29) is 0 Å². The molecule has 2 rings (SSSR count). The van der Waals surface area contributed by atoms with Crippen molar-refractivity contribution in [1.29, 1.82) is 0 Å². The van der Waals surface area contributed by atoms with Crippen molar-refractivity contribution in [2.45, 2.75) is 33.1 Å². The monoisotopic (exact) mass is 189 g/mol. The number of aryl methyl sites for hydroxylation is 1. The number of nitrogens with zero attached hydrogens (tertiary/aromatic N) is 1. The molecule has 0 aliphatic heterocycles. The standard InChI is InChI=1S/C12H15NO/c1-4-8(2)10-5-6-12-11(13-10)7-9(3)14-12/h5-8H,4H2,1-3H3. The van der Waals surface area contributed by atoms with Crippen molar-refractivity contribution in [1.82, 2.24) is 4.98 Å². The Bertz CT molecular complexity index is 445. The second kappa shape index (κ2) is 3.45. The van der Waals surface area contributed by atoms with Crippen molar-refractivity contribution in [3.8, 4) is 0 Å². The molecule has 0 fully saturated rings. The molecule has 74 valence electrons. The van der Waals surface area contributed by atoms with Gasteiger partial charge in [-0.05, 0) is 31.4 Å². The minimum Gasteiger partial charge on any atom is -0.460 e. The molecule has 0 bridgehead atoms. The van der Waals surface area contributed by atoms with Crippen molar-refractivity contribution in [3.05, 3.63) is 29.7 Å². The summed E-state index contributed by atoms with van der Waals surface area (Å²) in [5.74, 6) is 1.45. The quantitative estimate of drug-likeness (QED) is 0.720. The fraction of sp³-hybridized carbons (Fsp3) is 0.417. The van der Waals surface area contributed by atoms with Crippen molar-refractivity contribution in [3.63, 3.8) is 0 Å². The topological polar surface area (TPSA) is 26.0 Å². The Hall–Kier alpha value is -1.31. The predicted molar refractivity (Wildman–Crippen MR) is 57.5 cm³/mol. The number of hydrogen-bond acceptors (Lipinski definition) is 2. The lowest BCUT2D eigenvalue weighted by Gasteiger charge is -2.06. The van der Waals surface area contributed by atoms with Crippen LogP contribution in [0, 0.1) is 6.92 Å². The first-order valence-electron chi connectivity index (χ1n) is 5.07. The summed E-state index contributed by atoms with van der Waals surface area (Å²) in [7, 11) is 0.